The van der Waals surface area contributed by atoms with Gasteiger partial charge in [0.25, 0.3) is 0 Å². The number of hydrogen-bond donors (Lipinski definition) is 2. The minimum Gasteiger partial charge on any atom is -0.379 e. The van der Waals surface area contributed by atoms with Crippen molar-refractivity contribution in [2.75, 3.05) is 45.9 Å². The molecule has 1 saturated carbocycles. The van der Waals surface area contributed by atoms with Crippen LogP contribution in [0.5, 0.6) is 0 Å². The van der Waals surface area contributed by atoms with Crippen molar-refractivity contribution in [1.29, 1.82) is 0 Å². The van der Waals surface area contributed by atoms with E-state index in [4.69, 9.17) is 4.74 Å². The van der Waals surface area contributed by atoms with Gasteiger partial charge in [-0.3, -0.25) is 9.69 Å². The summed E-state index contributed by atoms with van der Waals surface area (Å²) in [5.41, 5.74) is 0. The molecule has 2 N–H and O–H groups in total. The van der Waals surface area contributed by atoms with Gasteiger partial charge < -0.3 is 15.4 Å². The second-order valence-electron chi connectivity index (χ2n) is 6.34. The van der Waals surface area contributed by atoms with Crippen LogP contribution in [-0.2, 0) is 9.53 Å². The molecule has 5 heteroatoms. The van der Waals surface area contributed by atoms with Crippen LogP contribution in [0.25, 0.3) is 0 Å². The third-order valence-electron chi connectivity index (χ3n) is 4.21. The van der Waals surface area contributed by atoms with Crippen LogP contribution in [0.2, 0.25) is 0 Å². The van der Waals surface area contributed by atoms with E-state index in [0.29, 0.717) is 18.5 Å². The Labute approximate surface area is 122 Å². The first-order chi connectivity index (χ1) is 9.66. The van der Waals surface area contributed by atoms with E-state index in [1.54, 1.807) is 0 Å². The first-order valence-corrected chi connectivity index (χ1v) is 7.96. The van der Waals surface area contributed by atoms with Crippen LogP contribution in [-0.4, -0.2) is 62.8 Å². The molecule has 2 fully saturated rings. The number of amides is 1. The van der Waals surface area contributed by atoms with Crippen LogP contribution in [0, 0.1) is 11.8 Å². The zero-order valence-electron chi connectivity index (χ0n) is 12.9. The quantitative estimate of drug-likeness (QED) is 0.679. The maximum Gasteiger partial charge on any atom is 0.234 e. The molecule has 0 aromatic heterocycles. The Morgan fingerprint density at radius 3 is 2.60 bits per heavy atom. The van der Waals surface area contributed by atoms with Crippen molar-refractivity contribution < 1.29 is 9.53 Å². The first kappa shape index (κ1) is 15.7. The Kier molecular flexibility index (Phi) is 6.26. The van der Waals surface area contributed by atoms with Crippen LogP contribution in [0.15, 0.2) is 0 Å². The number of morpholine rings is 1. The SMILES string of the molecule is CC(C)C(CNC(=O)CNCC1CC1)N1CCOCC1. The van der Waals surface area contributed by atoms with E-state index in [2.05, 4.69) is 29.4 Å². The highest BCUT2D eigenvalue weighted by atomic mass is 16.5. The van der Waals surface area contributed by atoms with Crippen molar-refractivity contribution in [3.05, 3.63) is 0 Å². The van der Waals surface area contributed by atoms with Gasteiger partial charge in [0.1, 0.15) is 0 Å². The molecule has 1 aliphatic carbocycles. The largest absolute Gasteiger partial charge is 0.379 e. The van der Waals surface area contributed by atoms with Crippen molar-refractivity contribution >= 4 is 5.91 Å². The molecule has 2 rings (SSSR count). The second-order valence-corrected chi connectivity index (χ2v) is 6.34. The molecule has 5 nitrogen and oxygen atoms in total. The summed E-state index contributed by atoms with van der Waals surface area (Å²) in [5.74, 6) is 1.47. The minimum atomic E-state index is 0.115. The molecule has 1 saturated heterocycles. The number of nitrogens with one attached hydrogen (secondary N) is 2. The van der Waals surface area contributed by atoms with Gasteiger partial charge >= 0.3 is 0 Å². The van der Waals surface area contributed by atoms with E-state index in [1.807, 2.05) is 0 Å². The fraction of sp³-hybridized carbons (Fsp3) is 0.933. The highest BCUT2D eigenvalue weighted by Crippen LogP contribution is 2.27. The molecule has 1 unspecified atom stereocenters. The number of carbonyl (C=O) groups is 1. The number of ether oxygens (including phenoxy) is 1. The normalized spacial score (nSPS) is 21.9. The zero-order valence-corrected chi connectivity index (χ0v) is 12.9. The van der Waals surface area contributed by atoms with Gasteiger partial charge in [-0.15, -0.1) is 0 Å². The van der Waals surface area contributed by atoms with E-state index in [1.165, 1.54) is 12.8 Å². The summed E-state index contributed by atoms with van der Waals surface area (Å²) in [5, 5.41) is 6.31. The Morgan fingerprint density at radius 1 is 1.30 bits per heavy atom. The smallest absolute Gasteiger partial charge is 0.234 e. The van der Waals surface area contributed by atoms with Gasteiger partial charge in [0.05, 0.1) is 19.8 Å². The van der Waals surface area contributed by atoms with E-state index in [-0.39, 0.29) is 5.91 Å². The van der Waals surface area contributed by atoms with Crippen LogP contribution in [0.1, 0.15) is 26.7 Å². The molecule has 0 aromatic carbocycles. The van der Waals surface area contributed by atoms with Crippen molar-refractivity contribution in [2.45, 2.75) is 32.7 Å². The molecule has 1 heterocycles. The molecule has 0 bridgehead atoms. The highest BCUT2D eigenvalue weighted by Gasteiger charge is 2.24. The Balaban J connectivity index is 1.65. The molecule has 0 radical (unpaired) electrons. The average molecular weight is 283 g/mol. The van der Waals surface area contributed by atoms with Crippen molar-refractivity contribution in [3.63, 3.8) is 0 Å². The lowest BCUT2D eigenvalue weighted by Crippen LogP contribution is -2.51. The summed E-state index contributed by atoms with van der Waals surface area (Å²) < 4.78 is 5.40. The van der Waals surface area contributed by atoms with E-state index < -0.39 is 0 Å². The molecular weight excluding hydrogens is 254 g/mol. The molecule has 1 amide bonds. The van der Waals surface area contributed by atoms with E-state index >= 15 is 0 Å². The lowest BCUT2D eigenvalue weighted by molar-refractivity contribution is -0.120. The van der Waals surface area contributed by atoms with Crippen LogP contribution in [0.4, 0.5) is 0 Å². The molecule has 20 heavy (non-hydrogen) atoms. The standard InChI is InChI=1S/C15H29N3O2/c1-12(2)14(18-5-7-20-8-6-18)10-17-15(19)11-16-9-13-3-4-13/h12-14,16H,3-11H2,1-2H3,(H,17,19). The van der Waals surface area contributed by atoms with Gasteiger partial charge in [0, 0.05) is 25.7 Å². The van der Waals surface area contributed by atoms with Crippen molar-refractivity contribution in [3.8, 4) is 0 Å². The van der Waals surface area contributed by atoms with Gasteiger partial charge in [-0.1, -0.05) is 13.8 Å². The minimum absolute atomic E-state index is 0.115. The van der Waals surface area contributed by atoms with Crippen molar-refractivity contribution in [2.24, 2.45) is 11.8 Å². The Morgan fingerprint density at radius 2 is 2.00 bits per heavy atom. The molecule has 1 aliphatic heterocycles. The van der Waals surface area contributed by atoms with Crippen molar-refractivity contribution in [1.82, 2.24) is 15.5 Å². The van der Waals surface area contributed by atoms with E-state index in [9.17, 15) is 4.79 Å². The summed E-state index contributed by atoms with van der Waals surface area (Å²) in [4.78, 5) is 14.3. The third kappa shape index (κ3) is 5.38. The molecule has 0 spiro atoms. The lowest BCUT2D eigenvalue weighted by Gasteiger charge is -2.36. The van der Waals surface area contributed by atoms with Crippen LogP contribution < -0.4 is 10.6 Å². The molecule has 116 valence electrons. The number of rotatable bonds is 8. The maximum absolute atomic E-state index is 11.8. The van der Waals surface area contributed by atoms with Crippen LogP contribution in [0.3, 0.4) is 0 Å². The van der Waals surface area contributed by atoms with Gasteiger partial charge in [0.15, 0.2) is 0 Å². The fourth-order valence-corrected chi connectivity index (χ4v) is 2.69. The lowest BCUT2D eigenvalue weighted by atomic mass is 10.0. The summed E-state index contributed by atoms with van der Waals surface area (Å²) >= 11 is 0. The topological polar surface area (TPSA) is 53.6 Å². The van der Waals surface area contributed by atoms with E-state index in [0.717, 1.165) is 45.3 Å². The first-order valence-electron chi connectivity index (χ1n) is 7.96. The molecule has 1 atom stereocenters. The Hall–Kier alpha value is -0.650. The predicted octanol–water partition coefficient (Wildman–Crippen LogP) is 0.459. The average Bonchev–Trinajstić information content (AvgIpc) is 3.24. The van der Waals surface area contributed by atoms with Gasteiger partial charge in [-0.25, -0.2) is 0 Å². The van der Waals surface area contributed by atoms with Gasteiger partial charge in [-0.05, 0) is 31.2 Å². The third-order valence-corrected chi connectivity index (χ3v) is 4.21. The highest BCUT2D eigenvalue weighted by molar-refractivity contribution is 5.78. The second kappa shape index (κ2) is 7.96. The number of nitrogens with zero attached hydrogens (tertiary/aromatic N) is 1. The molecule has 0 aromatic rings. The molecule has 2 aliphatic rings. The van der Waals surface area contributed by atoms with Gasteiger partial charge in [-0.2, -0.15) is 0 Å². The van der Waals surface area contributed by atoms with Crippen LogP contribution >= 0.6 is 0 Å². The summed E-state index contributed by atoms with van der Waals surface area (Å²) in [6.45, 7) is 10.2. The monoisotopic (exact) mass is 283 g/mol. The fourth-order valence-electron chi connectivity index (χ4n) is 2.69. The number of hydrogen-bond acceptors (Lipinski definition) is 4. The van der Waals surface area contributed by atoms with Gasteiger partial charge in [0.2, 0.25) is 5.91 Å². The predicted molar refractivity (Wildman–Crippen MR) is 79.6 cm³/mol. The summed E-state index contributed by atoms with van der Waals surface area (Å²) in [6.07, 6.45) is 2.64. The molecular formula is C15H29N3O2. The summed E-state index contributed by atoms with van der Waals surface area (Å²) in [7, 11) is 0. The summed E-state index contributed by atoms with van der Waals surface area (Å²) in [6, 6.07) is 0.409. The zero-order chi connectivity index (χ0) is 14.4. The number of carbonyl (C=O) groups excluding carboxylic acids is 1. The Bertz CT molecular complexity index is 299. The maximum atomic E-state index is 11.8.